The molecule has 2 nitrogen and oxygen atoms in total. The first kappa shape index (κ1) is 10.9. The van der Waals surface area contributed by atoms with E-state index in [0.29, 0.717) is 11.9 Å². The van der Waals surface area contributed by atoms with E-state index in [2.05, 4.69) is 17.9 Å². The number of amidine groups is 1. The summed E-state index contributed by atoms with van der Waals surface area (Å²) >= 11 is 4.14. The van der Waals surface area contributed by atoms with E-state index in [0.717, 1.165) is 18.6 Å². The summed E-state index contributed by atoms with van der Waals surface area (Å²) in [6.07, 6.45) is 8.42. The lowest BCUT2D eigenvalue weighted by atomic mass is 9.95. The van der Waals surface area contributed by atoms with E-state index in [4.69, 9.17) is 5.41 Å². The van der Waals surface area contributed by atoms with E-state index in [1.54, 1.807) is 0 Å². The van der Waals surface area contributed by atoms with Crippen LogP contribution in [0.1, 0.15) is 44.9 Å². The lowest BCUT2D eigenvalue weighted by Crippen LogP contribution is -2.35. The molecule has 0 unspecified atom stereocenters. The highest BCUT2D eigenvalue weighted by molar-refractivity contribution is 7.80. The summed E-state index contributed by atoms with van der Waals surface area (Å²) in [6.45, 7) is 0. The Morgan fingerprint density at radius 2 is 2.00 bits per heavy atom. The van der Waals surface area contributed by atoms with Crippen LogP contribution in [0.4, 0.5) is 0 Å². The van der Waals surface area contributed by atoms with Crippen LogP contribution in [-0.2, 0) is 0 Å². The van der Waals surface area contributed by atoms with Crippen LogP contribution in [0.5, 0.6) is 0 Å². The lowest BCUT2D eigenvalue weighted by Gasteiger charge is -2.23. The topological polar surface area (TPSA) is 35.9 Å². The first-order valence-corrected chi connectivity index (χ1v) is 5.91. The Kier molecular flexibility index (Phi) is 5.28. The molecule has 13 heavy (non-hydrogen) atoms. The van der Waals surface area contributed by atoms with E-state index in [1.807, 2.05) is 0 Å². The van der Waals surface area contributed by atoms with E-state index < -0.39 is 0 Å². The highest BCUT2D eigenvalue weighted by atomic mass is 32.1. The Morgan fingerprint density at radius 1 is 1.31 bits per heavy atom. The SMILES string of the molecule is N=C(CCCS)NC1CCCCC1. The standard InChI is InChI=1S/C10H20N2S/c11-10(7-4-8-13)12-9-5-2-1-3-6-9/h9,13H,1-8H2,(H2,11,12). The summed E-state index contributed by atoms with van der Waals surface area (Å²) in [5.74, 6) is 1.59. The molecule has 0 aliphatic heterocycles. The fourth-order valence-electron chi connectivity index (χ4n) is 1.82. The maximum atomic E-state index is 7.68. The Labute approximate surface area is 86.4 Å². The van der Waals surface area contributed by atoms with Gasteiger partial charge in [0.1, 0.15) is 0 Å². The molecule has 1 rings (SSSR count). The Morgan fingerprint density at radius 3 is 2.62 bits per heavy atom. The molecule has 1 aliphatic carbocycles. The van der Waals surface area contributed by atoms with Crippen molar-refractivity contribution in [3.8, 4) is 0 Å². The van der Waals surface area contributed by atoms with E-state index >= 15 is 0 Å². The summed E-state index contributed by atoms with van der Waals surface area (Å²) in [5, 5.41) is 11.0. The van der Waals surface area contributed by atoms with Crippen molar-refractivity contribution >= 4 is 18.5 Å². The van der Waals surface area contributed by atoms with E-state index in [9.17, 15) is 0 Å². The third-order valence-corrected chi connectivity index (χ3v) is 2.88. The molecule has 0 aromatic rings. The van der Waals surface area contributed by atoms with Gasteiger partial charge in [-0.05, 0) is 25.0 Å². The van der Waals surface area contributed by atoms with Crippen molar-refractivity contribution in [1.82, 2.24) is 5.32 Å². The van der Waals surface area contributed by atoms with Gasteiger partial charge in [-0.3, -0.25) is 5.41 Å². The minimum atomic E-state index is 0.584. The molecular weight excluding hydrogens is 180 g/mol. The molecule has 0 aromatic carbocycles. The molecule has 0 saturated heterocycles. The van der Waals surface area contributed by atoms with Crippen molar-refractivity contribution in [3.05, 3.63) is 0 Å². The second-order valence-electron chi connectivity index (χ2n) is 3.78. The molecule has 1 saturated carbocycles. The molecule has 2 N–H and O–H groups in total. The molecule has 0 heterocycles. The summed E-state index contributed by atoms with van der Waals surface area (Å²) < 4.78 is 0. The fraction of sp³-hybridized carbons (Fsp3) is 0.900. The third-order valence-electron chi connectivity index (χ3n) is 2.57. The van der Waals surface area contributed by atoms with Crippen molar-refractivity contribution in [1.29, 1.82) is 5.41 Å². The average molecular weight is 200 g/mol. The maximum absolute atomic E-state index is 7.68. The zero-order valence-corrected chi connectivity index (χ0v) is 9.08. The molecule has 1 aliphatic rings. The van der Waals surface area contributed by atoms with Crippen LogP contribution in [0.25, 0.3) is 0 Å². The van der Waals surface area contributed by atoms with Crippen LogP contribution in [-0.4, -0.2) is 17.6 Å². The van der Waals surface area contributed by atoms with E-state index in [1.165, 1.54) is 32.1 Å². The van der Waals surface area contributed by atoms with Gasteiger partial charge in [-0.15, -0.1) is 0 Å². The molecule has 0 amide bonds. The summed E-state index contributed by atoms with van der Waals surface area (Å²) in [5.41, 5.74) is 0. The summed E-state index contributed by atoms with van der Waals surface area (Å²) in [7, 11) is 0. The van der Waals surface area contributed by atoms with Gasteiger partial charge in [-0.25, -0.2) is 0 Å². The zero-order valence-electron chi connectivity index (χ0n) is 8.18. The van der Waals surface area contributed by atoms with Crippen molar-refractivity contribution in [2.45, 2.75) is 51.0 Å². The Balaban J connectivity index is 2.11. The van der Waals surface area contributed by atoms with E-state index in [-0.39, 0.29) is 0 Å². The van der Waals surface area contributed by atoms with Crippen molar-refractivity contribution < 1.29 is 0 Å². The van der Waals surface area contributed by atoms with Gasteiger partial charge in [-0.1, -0.05) is 19.3 Å². The van der Waals surface area contributed by atoms with Crippen LogP contribution in [0, 0.1) is 5.41 Å². The van der Waals surface area contributed by atoms with Gasteiger partial charge in [0.05, 0.1) is 5.84 Å². The Hall–Kier alpha value is -0.180. The number of nitrogens with one attached hydrogen (secondary N) is 2. The summed E-state index contributed by atoms with van der Waals surface area (Å²) in [6, 6.07) is 0.584. The average Bonchev–Trinajstić information content (AvgIpc) is 2.16. The van der Waals surface area contributed by atoms with Gasteiger partial charge in [-0.2, -0.15) is 12.6 Å². The molecule has 1 fully saturated rings. The van der Waals surface area contributed by atoms with Gasteiger partial charge in [0, 0.05) is 12.5 Å². The van der Waals surface area contributed by atoms with Gasteiger partial charge in [0.2, 0.25) is 0 Å². The number of hydrogen-bond donors (Lipinski definition) is 3. The first-order valence-electron chi connectivity index (χ1n) is 5.27. The molecular formula is C10H20N2S. The molecule has 0 spiro atoms. The van der Waals surface area contributed by atoms with Gasteiger partial charge in [0.15, 0.2) is 0 Å². The van der Waals surface area contributed by atoms with Crippen LogP contribution < -0.4 is 5.32 Å². The maximum Gasteiger partial charge on any atom is 0.0933 e. The lowest BCUT2D eigenvalue weighted by molar-refractivity contribution is 0.411. The second kappa shape index (κ2) is 6.30. The van der Waals surface area contributed by atoms with Crippen LogP contribution in [0.3, 0.4) is 0 Å². The number of thiol groups is 1. The summed E-state index contributed by atoms with van der Waals surface area (Å²) in [4.78, 5) is 0. The van der Waals surface area contributed by atoms with Crippen LogP contribution in [0.2, 0.25) is 0 Å². The molecule has 0 aromatic heterocycles. The second-order valence-corrected chi connectivity index (χ2v) is 4.23. The predicted octanol–water partition coefficient (Wildman–Crippen LogP) is 2.60. The smallest absolute Gasteiger partial charge is 0.0933 e. The fourth-order valence-corrected chi connectivity index (χ4v) is 1.98. The predicted molar refractivity (Wildman–Crippen MR) is 60.8 cm³/mol. The first-order chi connectivity index (χ1) is 6.33. The minimum absolute atomic E-state index is 0.584. The normalized spacial score (nSPS) is 18.5. The van der Waals surface area contributed by atoms with Crippen LogP contribution >= 0.6 is 12.6 Å². The quantitative estimate of drug-likeness (QED) is 0.364. The van der Waals surface area contributed by atoms with Gasteiger partial charge in [0.25, 0.3) is 0 Å². The Bertz CT molecular complexity index is 153. The van der Waals surface area contributed by atoms with Crippen molar-refractivity contribution in [2.24, 2.45) is 0 Å². The van der Waals surface area contributed by atoms with Crippen LogP contribution in [0.15, 0.2) is 0 Å². The largest absolute Gasteiger partial charge is 0.371 e. The molecule has 0 radical (unpaired) electrons. The highest BCUT2D eigenvalue weighted by Gasteiger charge is 2.13. The minimum Gasteiger partial charge on any atom is -0.371 e. The number of hydrogen-bond acceptors (Lipinski definition) is 2. The van der Waals surface area contributed by atoms with Crippen molar-refractivity contribution in [2.75, 3.05) is 5.75 Å². The van der Waals surface area contributed by atoms with Gasteiger partial charge >= 0.3 is 0 Å². The van der Waals surface area contributed by atoms with Gasteiger partial charge < -0.3 is 5.32 Å². The molecule has 76 valence electrons. The monoisotopic (exact) mass is 200 g/mol. The number of rotatable bonds is 4. The molecule has 0 atom stereocenters. The third kappa shape index (κ3) is 4.55. The highest BCUT2D eigenvalue weighted by Crippen LogP contribution is 2.17. The molecule has 3 heteroatoms. The zero-order chi connectivity index (χ0) is 9.52. The molecule has 0 bridgehead atoms. The van der Waals surface area contributed by atoms with Crippen molar-refractivity contribution in [3.63, 3.8) is 0 Å².